The van der Waals surface area contributed by atoms with Crippen molar-refractivity contribution in [3.8, 4) is 0 Å². The van der Waals surface area contributed by atoms with Gasteiger partial charge in [0.1, 0.15) is 11.5 Å². The van der Waals surface area contributed by atoms with Gasteiger partial charge in [0.2, 0.25) is 5.91 Å². The quantitative estimate of drug-likeness (QED) is 0.677. The summed E-state index contributed by atoms with van der Waals surface area (Å²) >= 11 is 0. The number of furan rings is 1. The van der Waals surface area contributed by atoms with Crippen LogP contribution in [0.25, 0.3) is 0 Å². The van der Waals surface area contributed by atoms with Crippen molar-refractivity contribution < 1.29 is 23.5 Å². The van der Waals surface area contributed by atoms with E-state index in [0.717, 1.165) is 18.6 Å². The van der Waals surface area contributed by atoms with E-state index in [2.05, 4.69) is 10.3 Å². The minimum Gasteiger partial charge on any atom is -0.467 e. The van der Waals surface area contributed by atoms with Crippen LogP contribution in [0.15, 0.2) is 22.8 Å². The summed E-state index contributed by atoms with van der Waals surface area (Å²) in [6, 6.07) is 3.61. The maximum Gasteiger partial charge on any atom is 0.355 e. The molecule has 2 amide bonds. The van der Waals surface area contributed by atoms with Crippen molar-refractivity contribution in [3.05, 3.63) is 46.7 Å². The van der Waals surface area contributed by atoms with Gasteiger partial charge in [-0.05, 0) is 57.2 Å². The zero-order valence-electron chi connectivity index (χ0n) is 17.7. The Morgan fingerprint density at radius 3 is 2.63 bits per heavy atom. The van der Waals surface area contributed by atoms with Crippen molar-refractivity contribution in [2.24, 2.45) is 5.92 Å². The molecule has 0 unspecified atom stereocenters. The standard InChI is InChI=1S/C22H29N3O5/c1-4-29-22(28)20-14(2)19(15(3)24-20)21(27)25-9-7-16(8-10-25)12-18(26)23-13-17-6-5-11-30-17/h5-6,11,16,24H,4,7-10,12-13H2,1-3H3,(H,23,26). The predicted molar refractivity (Wildman–Crippen MR) is 110 cm³/mol. The van der Waals surface area contributed by atoms with Crippen LogP contribution in [0.5, 0.6) is 0 Å². The van der Waals surface area contributed by atoms with Crippen LogP contribution < -0.4 is 5.32 Å². The Bertz CT molecular complexity index is 892. The van der Waals surface area contributed by atoms with E-state index in [1.54, 1.807) is 38.0 Å². The van der Waals surface area contributed by atoms with Crippen molar-refractivity contribution >= 4 is 17.8 Å². The number of aromatic amines is 1. The van der Waals surface area contributed by atoms with Gasteiger partial charge in [0.05, 0.1) is 25.0 Å². The van der Waals surface area contributed by atoms with Gasteiger partial charge in [-0.3, -0.25) is 9.59 Å². The summed E-state index contributed by atoms with van der Waals surface area (Å²) in [5.41, 5.74) is 2.16. The maximum absolute atomic E-state index is 13.1. The molecule has 1 aliphatic heterocycles. The van der Waals surface area contributed by atoms with Crippen molar-refractivity contribution in [3.63, 3.8) is 0 Å². The summed E-state index contributed by atoms with van der Waals surface area (Å²) < 4.78 is 10.3. The van der Waals surface area contributed by atoms with Crippen molar-refractivity contribution in [1.82, 2.24) is 15.2 Å². The Balaban J connectivity index is 1.53. The summed E-state index contributed by atoms with van der Waals surface area (Å²) in [5.74, 6) is 0.430. The number of aromatic nitrogens is 1. The molecule has 8 heteroatoms. The van der Waals surface area contributed by atoms with Gasteiger partial charge in [0.25, 0.3) is 5.91 Å². The molecule has 1 saturated heterocycles. The van der Waals surface area contributed by atoms with Gasteiger partial charge < -0.3 is 24.4 Å². The minimum absolute atomic E-state index is 0.00687. The van der Waals surface area contributed by atoms with Crippen LogP contribution in [-0.4, -0.2) is 47.4 Å². The molecule has 3 rings (SSSR count). The minimum atomic E-state index is -0.448. The maximum atomic E-state index is 13.1. The molecular formula is C22H29N3O5. The highest BCUT2D eigenvalue weighted by molar-refractivity contribution is 6.01. The number of H-pyrrole nitrogens is 1. The van der Waals surface area contributed by atoms with E-state index in [9.17, 15) is 14.4 Å². The fraction of sp³-hybridized carbons (Fsp3) is 0.500. The third-order valence-electron chi connectivity index (χ3n) is 5.55. The second-order valence-corrected chi connectivity index (χ2v) is 7.64. The first-order valence-electron chi connectivity index (χ1n) is 10.3. The van der Waals surface area contributed by atoms with Crippen molar-refractivity contribution in [1.29, 1.82) is 0 Å². The number of aryl methyl sites for hydroxylation is 1. The second kappa shape index (κ2) is 9.65. The highest BCUT2D eigenvalue weighted by atomic mass is 16.5. The number of hydrogen-bond acceptors (Lipinski definition) is 5. The Labute approximate surface area is 176 Å². The number of rotatable bonds is 7. The lowest BCUT2D eigenvalue weighted by atomic mass is 9.92. The molecule has 0 aliphatic carbocycles. The monoisotopic (exact) mass is 415 g/mol. The van der Waals surface area contributed by atoms with Crippen LogP contribution in [0, 0.1) is 19.8 Å². The Kier molecular flexibility index (Phi) is 6.97. The number of amides is 2. The summed E-state index contributed by atoms with van der Waals surface area (Å²) in [7, 11) is 0. The zero-order chi connectivity index (χ0) is 21.7. The number of esters is 1. The first-order valence-corrected chi connectivity index (χ1v) is 10.3. The molecule has 0 spiro atoms. The molecule has 1 aliphatic rings. The fourth-order valence-electron chi connectivity index (χ4n) is 3.91. The van der Waals surface area contributed by atoms with Gasteiger partial charge in [-0.1, -0.05) is 0 Å². The average molecular weight is 415 g/mol. The molecule has 162 valence electrons. The molecule has 3 heterocycles. The van der Waals surface area contributed by atoms with E-state index >= 15 is 0 Å². The summed E-state index contributed by atoms with van der Waals surface area (Å²) in [5, 5.41) is 2.87. The van der Waals surface area contributed by atoms with Crippen molar-refractivity contribution in [2.75, 3.05) is 19.7 Å². The van der Waals surface area contributed by atoms with Crippen molar-refractivity contribution in [2.45, 2.75) is 46.6 Å². The van der Waals surface area contributed by atoms with Gasteiger partial charge in [-0.25, -0.2) is 4.79 Å². The molecule has 2 aromatic heterocycles. The van der Waals surface area contributed by atoms with Gasteiger partial charge in [-0.2, -0.15) is 0 Å². The van der Waals surface area contributed by atoms with Gasteiger partial charge in [-0.15, -0.1) is 0 Å². The van der Waals surface area contributed by atoms with E-state index < -0.39 is 5.97 Å². The first kappa shape index (κ1) is 21.7. The number of likely N-dealkylation sites (tertiary alicyclic amines) is 1. The molecule has 0 atom stereocenters. The third-order valence-corrected chi connectivity index (χ3v) is 5.55. The van der Waals surface area contributed by atoms with Crippen LogP contribution in [-0.2, 0) is 16.1 Å². The lowest BCUT2D eigenvalue weighted by Crippen LogP contribution is -2.40. The van der Waals surface area contributed by atoms with Crippen LogP contribution in [0.2, 0.25) is 0 Å². The highest BCUT2D eigenvalue weighted by Gasteiger charge is 2.29. The Hall–Kier alpha value is -3.03. The number of carbonyl (C=O) groups excluding carboxylic acids is 3. The predicted octanol–water partition coefficient (Wildman–Crippen LogP) is 2.96. The molecule has 0 aromatic carbocycles. The van der Waals surface area contributed by atoms with E-state index in [1.165, 1.54) is 0 Å². The highest BCUT2D eigenvalue weighted by Crippen LogP contribution is 2.25. The van der Waals surface area contributed by atoms with E-state index in [-0.39, 0.29) is 24.3 Å². The SMILES string of the molecule is CCOC(=O)c1[nH]c(C)c(C(=O)N2CCC(CC(=O)NCc3ccco3)CC2)c1C. The van der Waals surface area contributed by atoms with Crippen LogP contribution in [0.4, 0.5) is 0 Å². The van der Waals surface area contributed by atoms with E-state index in [0.29, 0.717) is 48.6 Å². The Morgan fingerprint density at radius 2 is 2.00 bits per heavy atom. The fourth-order valence-corrected chi connectivity index (χ4v) is 3.91. The zero-order valence-corrected chi connectivity index (χ0v) is 17.7. The summed E-state index contributed by atoms with van der Waals surface area (Å²) in [6.07, 6.45) is 3.57. The second-order valence-electron chi connectivity index (χ2n) is 7.64. The topological polar surface area (TPSA) is 105 Å². The smallest absolute Gasteiger partial charge is 0.355 e. The Morgan fingerprint density at radius 1 is 1.27 bits per heavy atom. The largest absolute Gasteiger partial charge is 0.467 e. The molecule has 0 saturated carbocycles. The van der Waals surface area contributed by atoms with Crippen LogP contribution >= 0.6 is 0 Å². The summed E-state index contributed by atoms with van der Waals surface area (Å²) in [6.45, 7) is 7.15. The number of hydrogen-bond donors (Lipinski definition) is 2. The lowest BCUT2D eigenvalue weighted by Gasteiger charge is -2.32. The molecule has 30 heavy (non-hydrogen) atoms. The molecule has 1 fully saturated rings. The molecule has 8 nitrogen and oxygen atoms in total. The number of nitrogens with one attached hydrogen (secondary N) is 2. The molecule has 0 radical (unpaired) electrons. The lowest BCUT2D eigenvalue weighted by molar-refractivity contribution is -0.122. The average Bonchev–Trinajstić information content (AvgIpc) is 3.34. The molecule has 0 bridgehead atoms. The first-order chi connectivity index (χ1) is 14.4. The normalized spacial score (nSPS) is 14.6. The number of carbonyl (C=O) groups is 3. The van der Waals surface area contributed by atoms with Gasteiger partial charge in [0.15, 0.2) is 0 Å². The summed E-state index contributed by atoms with van der Waals surface area (Å²) in [4.78, 5) is 42.1. The molecular weight excluding hydrogens is 386 g/mol. The van der Waals surface area contributed by atoms with Gasteiger partial charge in [0, 0.05) is 25.2 Å². The number of nitrogens with zero attached hydrogens (tertiary/aromatic N) is 1. The third kappa shape index (κ3) is 4.93. The van der Waals surface area contributed by atoms with E-state index in [4.69, 9.17) is 9.15 Å². The molecule has 2 N–H and O–H groups in total. The van der Waals surface area contributed by atoms with E-state index in [1.807, 2.05) is 6.07 Å². The van der Waals surface area contributed by atoms with Crippen LogP contribution in [0.1, 0.15) is 64.1 Å². The van der Waals surface area contributed by atoms with Gasteiger partial charge >= 0.3 is 5.97 Å². The number of piperidine rings is 1. The molecule has 2 aromatic rings. The van der Waals surface area contributed by atoms with Crippen LogP contribution in [0.3, 0.4) is 0 Å². The number of ether oxygens (including phenoxy) is 1.